The monoisotopic (exact) mass is 338 g/mol. The van der Waals surface area contributed by atoms with E-state index in [2.05, 4.69) is 10.2 Å². The molecule has 0 N–H and O–H groups in total. The fourth-order valence-corrected chi connectivity index (χ4v) is 2.56. The van der Waals surface area contributed by atoms with Crippen LogP contribution < -0.4 is 0 Å². The van der Waals surface area contributed by atoms with Crippen molar-refractivity contribution in [1.82, 2.24) is 10.2 Å². The summed E-state index contributed by atoms with van der Waals surface area (Å²) >= 11 is 24.1. The minimum atomic E-state index is -0.686. The van der Waals surface area contributed by atoms with Crippen LogP contribution in [0.15, 0.2) is 6.07 Å². The standard InChI is InChI=1S/C11H6Cl4N2O2/c1-2-19-11(18)10-8(15)6-7(14)4(12)3-5(13)9(6)16-17-10/h3H,2H2,1H3. The SMILES string of the molecule is CCOC(=O)c1nnc2c(Cl)cc(Cl)c(Cl)c2c1Cl. The van der Waals surface area contributed by atoms with Crippen molar-refractivity contribution < 1.29 is 9.53 Å². The van der Waals surface area contributed by atoms with E-state index >= 15 is 0 Å². The van der Waals surface area contributed by atoms with Gasteiger partial charge in [-0.1, -0.05) is 46.4 Å². The van der Waals surface area contributed by atoms with E-state index < -0.39 is 5.97 Å². The Morgan fingerprint density at radius 3 is 2.47 bits per heavy atom. The van der Waals surface area contributed by atoms with Gasteiger partial charge in [0.05, 0.1) is 26.7 Å². The summed E-state index contributed by atoms with van der Waals surface area (Å²) in [7, 11) is 0. The zero-order valence-corrected chi connectivity index (χ0v) is 12.5. The first kappa shape index (κ1) is 14.6. The van der Waals surface area contributed by atoms with Crippen LogP contribution in [0.1, 0.15) is 17.4 Å². The van der Waals surface area contributed by atoms with E-state index in [0.717, 1.165) is 0 Å². The molecular weight excluding hydrogens is 334 g/mol. The fourth-order valence-electron chi connectivity index (χ4n) is 1.48. The molecular formula is C11H6Cl4N2O2. The average Bonchev–Trinajstić information content (AvgIpc) is 2.36. The van der Waals surface area contributed by atoms with Crippen LogP contribution in [0.3, 0.4) is 0 Å². The molecule has 0 radical (unpaired) electrons. The molecule has 0 bridgehead atoms. The Bertz CT molecular complexity index is 676. The van der Waals surface area contributed by atoms with Crippen molar-refractivity contribution in [3.8, 4) is 0 Å². The third kappa shape index (κ3) is 2.58. The lowest BCUT2D eigenvalue weighted by Crippen LogP contribution is -2.09. The Hall–Kier alpha value is -0.810. The number of esters is 1. The highest BCUT2D eigenvalue weighted by Gasteiger charge is 2.21. The predicted octanol–water partition coefficient (Wildman–Crippen LogP) is 4.42. The summed E-state index contributed by atoms with van der Waals surface area (Å²) in [5.74, 6) is -0.686. The molecule has 0 unspecified atom stereocenters. The quantitative estimate of drug-likeness (QED) is 0.600. The zero-order valence-electron chi connectivity index (χ0n) is 9.51. The second-order valence-corrected chi connectivity index (χ2v) is 5.03. The second kappa shape index (κ2) is 5.67. The highest BCUT2D eigenvalue weighted by molar-refractivity contribution is 6.50. The topological polar surface area (TPSA) is 52.1 Å². The van der Waals surface area contributed by atoms with Crippen LogP contribution in [0.25, 0.3) is 10.9 Å². The summed E-state index contributed by atoms with van der Waals surface area (Å²) in [6, 6.07) is 1.43. The molecule has 0 atom stereocenters. The van der Waals surface area contributed by atoms with Crippen LogP contribution in [-0.2, 0) is 4.74 Å². The van der Waals surface area contributed by atoms with Gasteiger partial charge < -0.3 is 4.74 Å². The Morgan fingerprint density at radius 2 is 1.84 bits per heavy atom. The molecule has 0 saturated heterocycles. The molecule has 0 amide bonds. The molecule has 0 fully saturated rings. The number of benzene rings is 1. The van der Waals surface area contributed by atoms with Crippen molar-refractivity contribution >= 4 is 63.3 Å². The third-order valence-electron chi connectivity index (χ3n) is 2.29. The van der Waals surface area contributed by atoms with E-state index in [9.17, 15) is 4.79 Å². The zero-order chi connectivity index (χ0) is 14.2. The number of hydrogen-bond acceptors (Lipinski definition) is 4. The van der Waals surface area contributed by atoms with Gasteiger partial charge in [0, 0.05) is 5.39 Å². The lowest BCUT2D eigenvalue weighted by Gasteiger charge is -2.08. The Labute approximate surface area is 128 Å². The van der Waals surface area contributed by atoms with Crippen molar-refractivity contribution in [2.75, 3.05) is 6.61 Å². The minimum absolute atomic E-state index is 0.0119. The van der Waals surface area contributed by atoms with Gasteiger partial charge in [-0.3, -0.25) is 0 Å². The largest absolute Gasteiger partial charge is 0.461 e. The Morgan fingerprint density at radius 1 is 1.16 bits per heavy atom. The molecule has 100 valence electrons. The molecule has 0 aliphatic carbocycles. The highest BCUT2D eigenvalue weighted by Crippen LogP contribution is 2.39. The van der Waals surface area contributed by atoms with Gasteiger partial charge in [0.25, 0.3) is 0 Å². The number of carbonyl (C=O) groups is 1. The molecule has 0 spiro atoms. The van der Waals surface area contributed by atoms with E-state index in [4.69, 9.17) is 51.1 Å². The molecule has 8 heteroatoms. The van der Waals surface area contributed by atoms with Gasteiger partial charge in [-0.15, -0.1) is 10.2 Å². The van der Waals surface area contributed by atoms with Gasteiger partial charge in [0.2, 0.25) is 0 Å². The second-order valence-electron chi connectivity index (χ2n) is 3.46. The van der Waals surface area contributed by atoms with Gasteiger partial charge in [-0.05, 0) is 13.0 Å². The van der Waals surface area contributed by atoms with Crippen LogP contribution in [-0.4, -0.2) is 22.8 Å². The molecule has 2 aromatic rings. The molecule has 1 aromatic carbocycles. The molecule has 0 saturated carbocycles. The van der Waals surface area contributed by atoms with Crippen LogP contribution in [0.5, 0.6) is 0 Å². The van der Waals surface area contributed by atoms with Gasteiger partial charge >= 0.3 is 5.97 Å². The normalized spacial score (nSPS) is 10.8. The molecule has 0 aliphatic rings. The van der Waals surface area contributed by atoms with Gasteiger partial charge in [0.15, 0.2) is 5.69 Å². The van der Waals surface area contributed by atoms with Crippen molar-refractivity contribution in [1.29, 1.82) is 0 Å². The van der Waals surface area contributed by atoms with Crippen molar-refractivity contribution in [3.05, 3.63) is 31.9 Å². The Kier molecular flexibility index (Phi) is 4.36. The van der Waals surface area contributed by atoms with Crippen molar-refractivity contribution in [2.45, 2.75) is 6.92 Å². The number of nitrogens with zero attached hydrogens (tertiary/aromatic N) is 2. The first-order valence-corrected chi connectivity index (χ1v) is 6.65. The van der Waals surface area contributed by atoms with E-state index in [1.807, 2.05) is 0 Å². The maximum atomic E-state index is 11.7. The summed E-state index contributed by atoms with van der Waals surface area (Å²) in [5, 5.41) is 8.45. The van der Waals surface area contributed by atoms with Crippen LogP contribution in [0.2, 0.25) is 20.1 Å². The van der Waals surface area contributed by atoms with Crippen molar-refractivity contribution in [2.24, 2.45) is 0 Å². The Balaban J connectivity index is 2.77. The average molecular weight is 340 g/mol. The molecule has 19 heavy (non-hydrogen) atoms. The maximum absolute atomic E-state index is 11.7. The summed E-state index contributed by atoms with van der Waals surface area (Å²) in [4.78, 5) is 11.7. The molecule has 2 rings (SSSR count). The number of halogens is 4. The minimum Gasteiger partial charge on any atom is -0.461 e. The van der Waals surface area contributed by atoms with E-state index in [0.29, 0.717) is 0 Å². The van der Waals surface area contributed by atoms with E-state index in [1.54, 1.807) is 6.92 Å². The number of aromatic nitrogens is 2. The summed E-state index contributed by atoms with van der Waals surface area (Å²) in [6.45, 7) is 1.86. The van der Waals surface area contributed by atoms with Gasteiger partial charge in [0.1, 0.15) is 5.52 Å². The third-order valence-corrected chi connectivity index (χ3v) is 3.74. The number of fused-ring (bicyclic) bond motifs is 1. The lowest BCUT2D eigenvalue weighted by atomic mass is 10.2. The van der Waals surface area contributed by atoms with E-state index in [-0.39, 0.29) is 43.3 Å². The summed E-state index contributed by atoms with van der Waals surface area (Å²) < 4.78 is 4.82. The van der Waals surface area contributed by atoms with Gasteiger partial charge in [-0.2, -0.15) is 0 Å². The predicted molar refractivity (Wildman–Crippen MR) is 75.5 cm³/mol. The van der Waals surface area contributed by atoms with Crippen LogP contribution in [0, 0.1) is 0 Å². The van der Waals surface area contributed by atoms with E-state index in [1.165, 1.54) is 6.07 Å². The van der Waals surface area contributed by atoms with Gasteiger partial charge in [-0.25, -0.2) is 4.79 Å². The first-order valence-electron chi connectivity index (χ1n) is 5.13. The fraction of sp³-hybridized carbons (Fsp3) is 0.182. The smallest absolute Gasteiger partial charge is 0.360 e. The number of rotatable bonds is 2. The maximum Gasteiger partial charge on any atom is 0.360 e. The van der Waals surface area contributed by atoms with Crippen molar-refractivity contribution in [3.63, 3.8) is 0 Å². The lowest BCUT2D eigenvalue weighted by molar-refractivity contribution is 0.0518. The molecule has 4 nitrogen and oxygen atoms in total. The highest BCUT2D eigenvalue weighted by atomic mass is 35.5. The first-order chi connectivity index (χ1) is 8.97. The number of carbonyl (C=O) groups excluding carboxylic acids is 1. The molecule has 0 aliphatic heterocycles. The van der Waals surface area contributed by atoms with Crippen LogP contribution in [0.4, 0.5) is 0 Å². The molecule has 1 aromatic heterocycles. The number of hydrogen-bond donors (Lipinski definition) is 0. The summed E-state index contributed by atoms with van der Waals surface area (Å²) in [5.41, 5.74) is 0.144. The molecule has 1 heterocycles. The number of ether oxygens (including phenoxy) is 1. The summed E-state index contributed by atoms with van der Waals surface area (Å²) in [6.07, 6.45) is 0. The van der Waals surface area contributed by atoms with Crippen LogP contribution >= 0.6 is 46.4 Å².